The number of anilines is 1. The Morgan fingerprint density at radius 3 is 2.89 bits per heavy atom. The molecule has 2 aliphatic rings. The van der Waals surface area contributed by atoms with Crippen molar-refractivity contribution in [3.63, 3.8) is 0 Å². The largest absolute Gasteiger partial charge is 0.317 e. The average Bonchev–Trinajstić information content (AvgIpc) is 2.46. The average molecular weight is 258 g/mol. The number of nitrogens with one attached hydrogen (secondary N) is 1. The molecule has 0 unspecified atom stereocenters. The number of carbonyl (C=O) groups excluding carboxylic acids is 1. The predicted octanol–water partition coefficient (Wildman–Crippen LogP) is 2.27. The molecule has 1 N–H and O–H groups in total. The number of amides is 1. The summed E-state index contributed by atoms with van der Waals surface area (Å²) in [6.07, 6.45) is 4.16. The smallest absolute Gasteiger partial charge is 0.230 e. The van der Waals surface area contributed by atoms with E-state index in [1.54, 1.807) is 0 Å². The van der Waals surface area contributed by atoms with Gasteiger partial charge in [0.25, 0.3) is 0 Å². The molecule has 0 aliphatic carbocycles. The van der Waals surface area contributed by atoms with Crippen LogP contribution in [0.3, 0.4) is 0 Å². The van der Waals surface area contributed by atoms with Crippen LogP contribution in [-0.4, -0.2) is 25.5 Å². The summed E-state index contributed by atoms with van der Waals surface area (Å²) in [5.41, 5.74) is 3.78. The van der Waals surface area contributed by atoms with Crippen LogP contribution >= 0.6 is 0 Å². The molecule has 2 heterocycles. The number of piperidine rings is 1. The Morgan fingerprint density at radius 2 is 2.11 bits per heavy atom. The lowest BCUT2D eigenvalue weighted by atomic mass is 9.93. The molecule has 3 nitrogen and oxygen atoms in total. The minimum absolute atomic E-state index is 0.216. The fourth-order valence-electron chi connectivity index (χ4n) is 3.24. The number of fused-ring (bicyclic) bond motifs is 1. The van der Waals surface area contributed by atoms with Gasteiger partial charge < -0.3 is 10.2 Å². The minimum Gasteiger partial charge on any atom is -0.317 e. The van der Waals surface area contributed by atoms with Crippen molar-refractivity contribution in [2.24, 2.45) is 5.92 Å². The van der Waals surface area contributed by atoms with Gasteiger partial charge in [0.2, 0.25) is 5.91 Å². The molecule has 1 amide bonds. The summed E-state index contributed by atoms with van der Waals surface area (Å²) in [6.45, 7) is 4.96. The Balaban J connectivity index is 1.84. The van der Waals surface area contributed by atoms with Gasteiger partial charge in [-0.05, 0) is 57.3 Å². The lowest BCUT2D eigenvalue weighted by molar-refractivity contribution is -0.123. The number of hydrogen-bond donors (Lipinski definition) is 1. The van der Waals surface area contributed by atoms with E-state index in [1.165, 1.54) is 11.1 Å². The second-order valence-electron chi connectivity index (χ2n) is 5.75. The SMILES string of the molecule is Cc1ccc2c(c1)CCCN2C(=O)C1CCNCC1. The Labute approximate surface area is 115 Å². The van der Waals surface area contributed by atoms with Crippen molar-refractivity contribution in [1.29, 1.82) is 0 Å². The predicted molar refractivity (Wildman–Crippen MR) is 77.4 cm³/mol. The Bertz CT molecular complexity index is 478. The molecule has 0 spiro atoms. The van der Waals surface area contributed by atoms with Crippen molar-refractivity contribution >= 4 is 11.6 Å². The van der Waals surface area contributed by atoms with Crippen molar-refractivity contribution in [2.75, 3.05) is 24.5 Å². The van der Waals surface area contributed by atoms with Crippen LogP contribution in [0.25, 0.3) is 0 Å². The van der Waals surface area contributed by atoms with E-state index in [4.69, 9.17) is 0 Å². The molecule has 0 radical (unpaired) electrons. The molecule has 19 heavy (non-hydrogen) atoms. The van der Waals surface area contributed by atoms with Gasteiger partial charge >= 0.3 is 0 Å². The minimum atomic E-state index is 0.216. The van der Waals surface area contributed by atoms with Gasteiger partial charge in [0.15, 0.2) is 0 Å². The summed E-state index contributed by atoms with van der Waals surface area (Å²) in [4.78, 5) is 14.7. The van der Waals surface area contributed by atoms with Crippen LogP contribution in [0.15, 0.2) is 18.2 Å². The summed E-state index contributed by atoms with van der Waals surface area (Å²) in [6, 6.07) is 6.48. The number of carbonyl (C=O) groups is 1. The zero-order chi connectivity index (χ0) is 13.2. The lowest BCUT2D eigenvalue weighted by Gasteiger charge is -2.34. The fourth-order valence-corrected chi connectivity index (χ4v) is 3.24. The molecule has 1 saturated heterocycles. The maximum absolute atomic E-state index is 12.7. The van der Waals surface area contributed by atoms with Crippen LogP contribution in [0, 0.1) is 12.8 Å². The van der Waals surface area contributed by atoms with Crippen molar-refractivity contribution in [3.8, 4) is 0 Å². The van der Waals surface area contributed by atoms with E-state index in [0.29, 0.717) is 5.91 Å². The van der Waals surface area contributed by atoms with Crippen molar-refractivity contribution in [1.82, 2.24) is 5.32 Å². The fraction of sp³-hybridized carbons (Fsp3) is 0.562. The second-order valence-corrected chi connectivity index (χ2v) is 5.75. The zero-order valence-electron chi connectivity index (χ0n) is 11.6. The standard InChI is InChI=1S/C16H22N2O/c1-12-4-5-15-14(11-12)3-2-10-18(15)16(19)13-6-8-17-9-7-13/h4-5,11,13,17H,2-3,6-10H2,1H3. The quantitative estimate of drug-likeness (QED) is 0.838. The Hall–Kier alpha value is -1.35. The monoisotopic (exact) mass is 258 g/mol. The second kappa shape index (κ2) is 5.33. The highest BCUT2D eigenvalue weighted by Gasteiger charge is 2.29. The highest BCUT2D eigenvalue weighted by Crippen LogP contribution is 2.30. The third kappa shape index (κ3) is 2.52. The summed E-state index contributed by atoms with van der Waals surface area (Å²) in [5.74, 6) is 0.555. The number of benzene rings is 1. The topological polar surface area (TPSA) is 32.3 Å². The number of hydrogen-bond acceptors (Lipinski definition) is 2. The van der Waals surface area contributed by atoms with Crippen molar-refractivity contribution in [3.05, 3.63) is 29.3 Å². The van der Waals surface area contributed by atoms with E-state index in [0.717, 1.165) is 51.0 Å². The van der Waals surface area contributed by atoms with Gasteiger partial charge in [0.05, 0.1) is 0 Å². The number of aryl methyl sites for hydroxylation is 2. The zero-order valence-corrected chi connectivity index (χ0v) is 11.6. The first kappa shape index (κ1) is 12.7. The van der Waals surface area contributed by atoms with E-state index in [9.17, 15) is 4.79 Å². The summed E-state index contributed by atoms with van der Waals surface area (Å²) < 4.78 is 0. The lowest BCUT2D eigenvalue weighted by Crippen LogP contribution is -2.43. The Kier molecular flexibility index (Phi) is 3.56. The van der Waals surface area contributed by atoms with Crippen LogP contribution in [0.1, 0.15) is 30.4 Å². The molecule has 0 atom stereocenters. The first-order chi connectivity index (χ1) is 9.25. The van der Waals surface area contributed by atoms with Gasteiger partial charge in [0.1, 0.15) is 0 Å². The number of nitrogens with zero attached hydrogens (tertiary/aromatic N) is 1. The van der Waals surface area contributed by atoms with Crippen LogP contribution < -0.4 is 10.2 Å². The van der Waals surface area contributed by atoms with Crippen LogP contribution in [0.2, 0.25) is 0 Å². The van der Waals surface area contributed by atoms with Gasteiger partial charge in [-0.1, -0.05) is 17.7 Å². The molecule has 1 fully saturated rings. The van der Waals surface area contributed by atoms with Crippen LogP contribution in [0.4, 0.5) is 5.69 Å². The third-order valence-electron chi connectivity index (χ3n) is 4.31. The Morgan fingerprint density at radius 1 is 1.32 bits per heavy atom. The number of rotatable bonds is 1. The molecule has 1 aromatic rings. The van der Waals surface area contributed by atoms with Gasteiger partial charge in [-0.2, -0.15) is 0 Å². The highest BCUT2D eigenvalue weighted by molar-refractivity contribution is 5.96. The first-order valence-corrected chi connectivity index (χ1v) is 7.37. The van der Waals surface area contributed by atoms with Gasteiger partial charge in [-0.25, -0.2) is 0 Å². The third-order valence-corrected chi connectivity index (χ3v) is 4.31. The molecule has 3 heteroatoms. The van der Waals surface area contributed by atoms with Crippen molar-refractivity contribution in [2.45, 2.75) is 32.6 Å². The molecule has 0 bridgehead atoms. The molecule has 1 aromatic carbocycles. The van der Waals surface area contributed by atoms with Gasteiger partial charge in [-0.3, -0.25) is 4.79 Å². The molecule has 0 saturated carbocycles. The normalized spacial score (nSPS) is 20.2. The highest BCUT2D eigenvalue weighted by atomic mass is 16.2. The van der Waals surface area contributed by atoms with Crippen LogP contribution in [-0.2, 0) is 11.2 Å². The summed E-state index contributed by atoms with van der Waals surface area (Å²) in [5, 5.41) is 3.33. The van der Waals surface area contributed by atoms with Crippen molar-refractivity contribution < 1.29 is 4.79 Å². The molecular formula is C16H22N2O. The van der Waals surface area contributed by atoms with Gasteiger partial charge in [0, 0.05) is 18.2 Å². The summed E-state index contributed by atoms with van der Waals surface area (Å²) in [7, 11) is 0. The molecule has 0 aromatic heterocycles. The van der Waals surface area contributed by atoms with E-state index in [2.05, 4.69) is 30.4 Å². The van der Waals surface area contributed by atoms with E-state index < -0.39 is 0 Å². The van der Waals surface area contributed by atoms with Gasteiger partial charge in [-0.15, -0.1) is 0 Å². The molecule has 3 rings (SSSR count). The van der Waals surface area contributed by atoms with E-state index in [1.807, 2.05) is 4.90 Å². The summed E-state index contributed by atoms with van der Waals surface area (Å²) >= 11 is 0. The van der Waals surface area contributed by atoms with E-state index >= 15 is 0 Å². The maximum atomic E-state index is 12.7. The molecule has 102 valence electrons. The molecule has 2 aliphatic heterocycles. The first-order valence-electron chi connectivity index (χ1n) is 7.37. The maximum Gasteiger partial charge on any atom is 0.230 e. The van der Waals surface area contributed by atoms with Crippen LogP contribution in [0.5, 0.6) is 0 Å². The molecular weight excluding hydrogens is 236 g/mol. The van der Waals surface area contributed by atoms with E-state index in [-0.39, 0.29) is 5.92 Å².